The van der Waals surface area contributed by atoms with Gasteiger partial charge in [0.15, 0.2) is 0 Å². The van der Waals surface area contributed by atoms with Crippen LogP contribution in [0.15, 0.2) is 24.5 Å². The number of halogens is 1. The lowest BCUT2D eigenvalue weighted by Crippen LogP contribution is -2.14. The summed E-state index contributed by atoms with van der Waals surface area (Å²) in [7, 11) is 1.54. The number of aryl methyl sites for hydroxylation is 2. The Morgan fingerprint density at radius 1 is 1.15 bits per heavy atom. The average Bonchev–Trinajstić information content (AvgIpc) is 3.23. The molecule has 0 saturated heterocycles. The number of carbonyl (C=O) groups excluding carboxylic acids is 1. The van der Waals surface area contributed by atoms with Crippen LogP contribution in [0.4, 0.5) is 5.13 Å². The summed E-state index contributed by atoms with van der Waals surface area (Å²) in [6, 6.07) is 3.48. The Hall–Kier alpha value is -2.62. The fourth-order valence-corrected chi connectivity index (χ4v) is 4.00. The zero-order chi connectivity index (χ0) is 24.0. The number of nitrogens with one attached hydrogen (secondary N) is 1. The molecule has 10 heteroatoms. The van der Waals surface area contributed by atoms with Crippen molar-refractivity contribution in [3.8, 4) is 16.9 Å². The van der Waals surface area contributed by atoms with Gasteiger partial charge in [-0.2, -0.15) is 0 Å². The van der Waals surface area contributed by atoms with Gasteiger partial charge in [-0.3, -0.25) is 15.1 Å². The van der Waals surface area contributed by atoms with Gasteiger partial charge < -0.3 is 9.47 Å². The molecule has 1 N–H and O–H groups in total. The molecule has 0 bridgehead atoms. The molecular formula is C23H28ClN5O3S. The number of anilines is 1. The standard InChI is InChI=1S/C23H28ClN5O3S/c1-13(2)12-32-15(4)6-7-21-28-29-23(33-21)27-22(30)18-10-25-14(3)8-16(18)17-9-20(24)26-11-19(17)31-5/h8-11,13,15H,6-7,12H2,1-5H3,(H,27,29,30). The van der Waals surface area contributed by atoms with E-state index in [0.717, 1.165) is 30.2 Å². The van der Waals surface area contributed by atoms with Crippen molar-refractivity contribution in [3.63, 3.8) is 0 Å². The molecule has 3 aromatic rings. The van der Waals surface area contributed by atoms with E-state index in [0.29, 0.717) is 38.6 Å². The molecule has 0 spiro atoms. The third kappa shape index (κ3) is 6.93. The van der Waals surface area contributed by atoms with Gasteiger partial charge in [0.1, 0.15) is 15.9 Å². The number of methoxy groups -OCH3 is 1. The quantitative estimate of drug-likeness (QED) is 0.390. The van der Waals surface area contributed by atoms with Crippen LogP contribution in [0.25, 0.3) is 11.1 Å². The van der Waals surface area contributed by atoms with Crippen LogP contribution in [0.2, 0.25) is 5.15 Å². The highest BCUT2D eigenvalue weighted by Crippen LogP contribution is 2.34. The van der Waals surface area contributed by atoms with Gasteiger partial charge in [-0.15, -0.1) is 10.2 Å². The van der Waals surface area contributed by atoms with Gasteiger partial charge in [0, 0.05) is 36.0 Å². The van der Waals surface area contributed by atoms with Crippen molar-refractivity contribution >= 4 is 34.0 Å². The Labute approximate surface area is 202 Å². The molecule has 3 rings (SSSR count). The van der Waals surface area contributed by atoms with Crippen LogP contribution in [-0.4, -0.2) is 45.9 Å². The molecule has 8 nitrogen and oxygen atoms in total. The fraction of sp³-hybridized carbons (Fsp3) is 0.435. The largest absolute Gasteiger partial charge is 0.494 e. The molecule has 33 heavy (non-hydrogen) atoms. The van der Waals surface area contributed by atoms with Gasteiger partial charge in [0.25, 0.3) is 5.91 Å². The molecule has 0 radical (unpaired) electrons. The fourth-order valence-electron chi connectivity index (χ4n) is 3.09. The van der Waals surface area contributed by atoms with Crippen molar-refractivity contribution in [2.24, 2.45) is 5.92 Å². The second-order valence-corrected chi connectivity index (χ2v) is 9.56. The number of aromatic nitrogens is 4. The molecule has 1 amide bonds. The topological polar surface area (TPSA) is 99.1 Å². The Bertz CT molecular complexity index is 1110. The SMILES string of the molecule is COc1cnc(Cl)cc1-c1cc(C)ncc1C(=O)Nc1nnc(CCC(C)OCC(C)C)s1. The maximum Gasteiger partial charge on any atom is 0.259 e. The minimum Gasteiger partial charge on any atom is -0.494 e. The van der Waals surface area contributed by atoms with E-state index < -0.39 is 0 Å². The highest BCUT2D eigenvalue weighted by atomic mass is 35.5. The summed E-state index contributed by atoms with van der Waals surface area (Å²) >= 11 is 7.46. The van der Waals surface area contributed by atoms with Gasteiger partial charge >= 0.3 is 0 Å². The van der Waals surface area contributed by atoms with Crippen molar-refractivity contribution in [3.05, 3.63) is 45.9 Å². The average molecular weight is 490 g/mol. The van der Waals surface area contributed by atoms with E-state index in [9.17, 15) is 4.79 Å². The summed E-state index contributed by atoms with van der Waals surface area (Å²) in [5.74, 6) is 0.662. The number of hydrogen-bond donors (Lipinski definition) is 1. The van der Waals surface area contributed by atoms with Crippen molar-refractivity contribution in [1.29, 1.82) is 0 Å². The first kappa shape index (κ1) is 25.0. The summed E-state index contributed by atoms with van der Waals surface area (Å²) in [5.41, 5.74) is 2.42. The van der Waals surface area contributed by atoms with Crippen molar-refractivity contribution in [2.45, 2.75) is 46.6 Å². The maximum atomic E-state index is 13.1. The van der Waals surface area contributed by atoms with E-state index in [2.05, 4.69) is 46.3 Å². The van der Waals surface area contributed by atoms with Crippen molar-refractivity contribution in [1.82, 2.24) is 20.2 Å². The second kappa shape index (κ2) is 11.5. The first-order chi connectivity index (χ1) is 15.8. The summed E-state index contributed by atoms with van der Waals surface area (Å²) in [4.78, 5) is 21.5. The van der Waals surface area contributed by atoms with E-state index in [-0.39, 0.29) is 12.0 Å². The van der Waals surface area contributed by atoms with Crippen LogP contribution in [-0.2, 0) is 11.2 Å². The number of amides is 1. The first-order valence-electron chi connectivity index (χ1n) is 10.7. The molecule has 3 aromatic heterocycles. The monoisotopic (exact) mass is 489 g/mol. The van der Waals surface area contributed by atoms with Crippen LogP contribution in [0.3, 0.4) is 0 Å². The number of ether oxygens (including phenoxy) is 2. The Morgan fingerprint density at radius 3 is 2.67 bits per heavy atom. The molecule has 0 fully saturated rings. The summed E-state index contributed by atoms with van der Waals surface area (Å²) < 4.78 is 11.2. The third-order valence-corrected chi connectivity index (χ3v) is 5.90. The van der Waals surface area contributed by atoms with Gasteiger partial charge in [0.2, 0.25) is 5.13 Å². The highest BCUT2D eigenvalue weighted by molar-refractivity contribution is 7.15. The molecule has 0 aliphatic heterocycles. The van der Waals surface area contributed by atoms with Crippen LogP contribution >= 0.6 is 22.9 Å². The summed E-state index contributed by atoms with van der Waals surface area (Å²) in [6.07, 6.45) is 4.76. The zero-order valence-corrected chi connectivity index (χ0v) is 21.0. The van der Waals surface area contributed by atoms with Crippen molar-refractivity contribution in [2.75, 3.05) is 19.0 Å². The number of pyridine rings is 2. The molecule has 1 atom stereocenters. The van der Waals surface area contributed by atoms with Gasteiger partial charge in [-0.25, -0.2) is 4.98 Å². The summed E-state index contributed by atoms with van der Waals surface area (Å²) in [5, 5.41) is 12.7. The lowest BCUT2D eigenvalue weighted by Gasteiger charge is -2.13. The van der Waals surface area contributed by atoms with Crippen LogP contribution in [0.1, 0.15) is 48.3 Å². The predicted octanol–water partition coefficient (Wildman–Crippen LogP) is 5.21. The van der Waals surface area contributed by atoms with Crippen LogP contribution in [0.5, 0.6) is 5.75 Å². The van der Waals surface area contributed by atoms with E-state index in [4.69, 9.17) is 21.1 Å². The Morgan fingerprint density at radius 2 is 1.94 bits per heavy atom. The smallest absolute Gasteiger partial charge is 0.259 e. The Kier molecular flexibility index (Phi) is 8.71. The van der Waals surface area contributed by atoms with Crippen LogP contribution in [0, 0.1) is 12.8 Å². The van der Waals surface area contributed by atoms with E-state index in [1.54, 1.807) is 13.2 Å². The Balaban J connectivity index is 1.74. The minimum absolute atomic E-state index is 0.137. The normalized spacial score (nSPS) is 12.1. The number of carbonyl (C=O) groups is 1. The molecule has 0 aromatic carbocycles. The highest BCUT2D eigenvalue weighted by Gasteiger charge is 2.19. The lowest BCUT2D eigenvalue weighted by atomic mass is 10.0. The first-order valence-corrected chi connectivity index (χ1v) is 11.9. The molecular weight excluding hydrogens is 462 g/mol. The van der Waals surface area contributed by atoms with E-state index in [1.165, 1.54) is 23.7 Å². The number of nitrogens with zero attached hydrogens (tertiary/aromatic N) is 4. The van der Waals surface area contributed by atoms with Crippen molar-refractivity contribution < 1.29 is 14.3 Å². The summed E-state index contributed by atoms with van der Waals surface area (Å²) in [6.45, 7) is 8.89. The molecule has 176 valence electrons. The van der Waals surface area contributed by atoms with Gasteiger partial charge in [-0.1, -0.05) is 36.8 Å². The minimum atomic E-state index is -0.344. The number of hydrogen-bond acceptors (Lipinski definition) is 8. The molecule has 0 saturated carbocycles. The van der Waals surface area contributed by atoms with Crippen LogP contribution < -0.4 is 10.1 Å². The lowest BCUT2D eigenvalue weighted by molar-refractivity contribution is 0.0427. The molecule has 0 aliphatic rings. The van der Waals surface area contributed by atoms with Gasteiger partial charge in [0.05, 0.1) is 25.0 Å². The maximum absolute atomic E-state index is 13.1. The zero-order valence-electron chi connectivity index (χ0n) is 19.4. The molecule has 1 unspecified atom stereocenters. The third-order valence-electron chi connectivity index (χ3n) is 4.80. The molecule has 3 heterocycles. The molecule has 0 aliphatic carbocycles. The second-order valence-electron chi connectivity index (χ2n) is 8.11. The number of rotatable bonds is 10. The predicted molar refractivity (Wildman–Crippen MR) is 130 cm³/mol. The van der Waals surface area contributed by atoms with E-state index in [1.807, 2.05) is 13.0 Å². The van der Waals surface area contributed by atoms with E-state index >= 15 is 0 Å². The van der Waals surface area contributed by atoms with Gasteiger partial charge in [-0.05, 0) is 38.3 Å².